The number of aromatic nitrogens is 2. The van der Waals surface area contributed by atoms with Crippen LogP contribution >= 0.6 is 0 Å². The summed E-state index contributed by atoms with van der Waals surface area (Å²) in [5.74, 6) is 0.516. The van der Waals surface area contributed by atoms with Gasteiger partial charge in [0.25, 0.3) is 0 Å². The second-order valence-corrected chi connectivity index (χ2v) is 4.71. The molecular formula is C14H17N5O2. The predicted molar refractivity (Wildman–Crippen MR) is 75.8 cm³/mol. The van der Waals surface area contributed by atoms with Crippen molar-refractivity contribution in [3.63, 3.8) is 0 Å². The van der Waals surface area contributed by atoms with Crippen LogP contribution in [0.2, 0.25) is 0 Å². The molecule has 0 spiro atoms. The summed E-state index contributed by atoms with van der Waals surface area (Å²) in [7, 11) is 0. The number of amides is 2. The lowest BCUT2D eigenvalue weighted by molar-refractivity contribution is 0.145. The SMILES string of the molecule is Cc1nc(CNC(=O)NC(O)CC#N)nc2c1=CCCC=2. The van der Waals surface area contributed by atoms with Crippen LogP contribution in [-0.4, -0.2) is 27.3 Å². The highest BCUT2D eigenvalue weighted by Gasteiger charge is 2.09. The normalized spacial score (nSPS) is 14.0. The fourth-order valence-corrected chi connectivity index (χ4v) is 2.10. The van der Waals surface area contributed by atoms with Crippen LogP contribution in [0.5, 0.6) is 0 Å². The average Bonchev–Trinajstić information content (AvgIpc) is 2.45. The van der Waals surface area contributed by atoms with Crippen LogP contribution < -0.4 is 21.2 Å². The van der Waals surface area contributed by atoms with Crippen molar-refractivity contribution in [2.24, 2.45) is 0 Å². The maximum Gasteiger partial charge on any atom is 0.317 e. The molecule has 1 aromatic heterocycles. The number of carbonyl (C=O) groups excluding carboxylic acids is 1. The first kappa shape index (κ1) is 14.9. The molecule has 2 rings (SSSR count). The molecule has 0 saturated heterocycles. The van der Waals surface area contributed by atoms with Crippen LogP contribution in [0.3, 0.4) is 0 Å². The van der Waals surface area contributed by atoms with Crippen molar-refractivity contribution in [2.75, 3.05) is 0 Å². The Bertz CT molecular complexity index is 693. The van der Waals surface area contributed by atoms with Crippen LogP contribution in [-0.2, 0) is 6.54 Å². The van der Waals surface area contributed by atoms with Gasteiger partial charge in [0.05, 0.1) is 24.4 Å². The van der Waals surface area contributed by atoms with E-state index in [1.54, 1.807) is 6.07 Å². The Balaban J connectivity index is 2.00. The minimum atomic E-state index is -1.18. The number of aryl methyl sites for hydroxylation is 1. The zero-order chi connectivity index (χ0) is 15.2. The van der Waals surface area contributed by atoms with Gasteiger partial charge in [-0.05, 0) is 19.8 Å². The van der Waals surface area contributed by atoms with E-state index in [9.17, 15) is 9.90 Å². The van der Waals surface area contributed by atoms with Crippen LogP contribution in [0.1, 0.15) is 30.8 Å². The maximum absolute atomic E-state index is 11.5. The molecule has 110 valence electrons. The van der Waals surface area contributed by atoms with E-state index in [0.29, 0.717) is 5.82 Å². The molecule has 1 heterocycles. The van der Waals surface area contributed by atoms with Crippen LogP contribution in [0.15, 0.2) is 0 Å². The highest BCUT2D eigenvalue weighted by Crippen LogP contribution is 1.96. The van der Waals surface area contributed by atoms with E-state index in [-0.39, 0.29) is 13.0 Å². The number of carbonyl (C=O) groups is 1. The van der Waals surface area contributed by atoms with Gasteiger partial charge in [0.15, 0.2) is 0 Å². The van der Waals surface area contributed by atoms with E-state index >= 15 is 0 Å². The second kappa shape index (κ2) is 6.81. The van der Waals surface area contributed by atoms with Gasteiger partial charge in [-0.25, -0.2) is 14.8 Å². The lowest BCUT2D eigenvalue weighted by Crippen LogP contribution is -2.42. The van der Waals surface area contributed by atoms with Crippen molar-refractivity contribution < 1.29 is 9.90 Å². The molecule has 3 N–H and O–H groups in total. The molecule has 0 bridgehead atoms. The largest absolute Gasteiger partial charge is 0.373 e. The molecule has 1 unspecified atom stereocenters. The number of nitriles is 1. The third kappa shape index (κ3) is 4.00. The zero-order valence-electron chi connectivity index (χ0n) is 11.8. The first-order valence-electron chi connectivity index (χ1n) is 6.73. The monoisotopic (exact) mass is 287 g/mol. The topological polar surface area (TPSA) is 111 Å². The third-order valence-electron chi connectivity index (χ3n) is 3.05. The molecule has 0 radical (unpaired) electrons. The fraction of sp³-hybridized carbons (Fsp3) is 0.429. The Kier molecular flexibility index (Phi) is 4.85. The van der Waals surface area contributed by atoms with Crippen molar-refractivity contribution >= 4 is 18.2 Å². The Hall–Kier alpha value is -2.46. The van der Waals surface area contributed by atoms with E-state index in [1.165, 1.54) is 0 Å². The quantitative estimate of drug-likeness (QED) is 0.626. The van der Waals surface area contributed by atoms with Crippen LogP contribution in [0.4, 0.5) is 4.79 Å². The first-order valence-corrected chi connectivity index (χ1v) is 6.73. The second-order valence-electron chi connectivity index (χ2n) is 4.71. The van der Waals surface area contributed by atoms with Gasteiger partial charge in [-0.3, -0.25) is 0 Å². The van der Waals surface area contributed by atoms with Gasteiger partial charge < -0.3 is 15.7 Å². The van der Waals surface area contributed by atoms with Gasteiger partial charge in [-0.15, -0.1) is 0 Å². The molecule has 1 aromatic rings. The molecular weight excluding hydrogens is 270 g/mol. The van der Waals surface area contributed by atoms with Crippen molar-refractivity contribution in [2.45, 2.75) is 39.0 Å². The molecule has 0 aromatic carbocycles. The van der Waals surface area contributed by atoms with Gasteiger partial charge in [-0.2, -0.15) is 5.26 Å². The van der Waals surface area contributed by atoms with Gasteiger partial charge in [0.2, 0.25) is 0 Å². The molecule has 0 aliphatic heterocycles. The number of fused-ring (bicyclic) bond motifs is 1. The minimum absolute atomic E-state index is 0.160. The standard InChI is InChI=1S/C14H17N5O2/c1-9-10-4-2-3-5-11(10)18-12(17-9)8-16-14(21)19-13(20)6-7-15/h4-5,13,20H,2-3,6,8H2,1H3,(H2,16,19,21). The highest BCUT2D eigenvalue weighted by molar-refractivity contribution is 5.73. The highest BCUT2D eigenvalue weighted by atomic mass is 16.3. The number of aliphatic hydroxyl groups is 1. The van der Waals surface area contributed by atoms with Gasteiger partial charge in [0, 0.05) is 10.9 Å². The summed E-state index contributed by atoms with van der Waals surface area (Å²) in [4.78, 5) is 20.3. The third-order valence-corrected chi connectivity index (χ3v) is 3.05. The molecule has 1 atom stereocenters. The predicted octanol–water partition coefficient (Wildman–Crippen LogP) is -0.829. The van der Waals surface area contributed by atoms with E-state index in [4.69, 9.17) is 5.26 Å². The van der Waals surface area contributed by atoms with E-state index in [1.807, 2.05) is 6.92 Å². The summed E-state index contributed by atoms with van der Waals surface area (Å²) < 4.78 is 0. The molecule has 7 nitrogen and oxygen atoms in total. The number of rotatable bonds is 4. The Labute approximate surface area is 122 Å². The Morgan fingerprint density at radius 2 is 2.24 bits per heavy atom. The number of aliphatic hydroxyl groups excluding tert-OH is 1. The minimum Gasteiger partial charge on any atom is -0.373 e. The van der Waals surface area contributed by atoms with Crippen molar-refractivity contribution in [3.05, 3.63) is 22.1 Å². The van der Waals surface area contributed by atoms with Crippen molar-refractivity contribution in [1.82, 2.24) is 20.6 Å². The lowest BCUT2D eigenvalue weighted by Gasteiger charge is -2.11. The number of nitrogens with zero attached hydrogens (tertiary/aromatic N) is 3. The molecule has 1 aliphatic rings. The van der Waals surface area contributed by atoms with E-state index < -0.39 is 12.3 Å². The van der Waals surface area contributed by atoms with Crippen molar-refractivity contribution in [1.29, 1.82) is 5.26 Å². The molecule has 0 fully saturated rings. The summed E-state index contributed by atoms with van der Waals surface area (Å²) >= 11 is 0. The molecule has 7 heteroatoms. The summed E-state index contributed by atoms with van der Waals surface area (Å²) in [5.41, 5.74) is 0.887. The molecule has 0 saturated carbocycles. The van der Waals surface area contributed by atoms with E-state index in [0.717, 1.165) is 29.1 Å². The van der Waals surface area contributed by atoms with Crippen molar-refractivity contribution in [3.8, 4) is 6.07 Å². The summed E-state index contributed by atoms with van der Waals surface area (Å²) in [5, 5.41) is 24.4. The zero-order valence-corrected chi connectivity index (χ0v) is 11.8. The summed E-state index contributed by atoms with van der Waals surface area (Å²) in [6, 6.07) is 1.20. The molecule has 2 amide bonds. The average molecular weight is 287 g/mol. The Morgan fingerprint density at radius 3 is 3.00 bits per heavy atom. The number of nitrogens with one attached hydrogen (secondary N) is 2. The fourth-order valence-electron chi connectivity index (χ4n) is 2.10. The smallest absolute Gasteiger partial charge is 0.317 e. The van der Waals surface area contributed by atoms with E-state index in [2.05, 4.69) is 32.8 Å². The van der Waals surface area contributed by atoms with Crippen LogP contribution in [0, 0.1) is 18.3 Å². The van der Waals surface area contributed by atoms with Gasteiger partial charge in [-0.1, -0.05) is 12.2 Å². The van der Waals surface area contributed by atoms with Gasteiger partial charge >= 0.3 is 6.03 Å². The molecule has 1 aliphatic carbocycles. The first-order chi connectivity index (χ1) is 10.1. The lowest BCUT2D eigenvalue weighted by atomic mass is 10.1. The number of hydrogen-bond acceptors (Lipinski definition) is 5. The summed E-state index contributed by atoms with van der Waals surface area (Å²) in [6.07, 6.45) is 4.79. The summed E-state index contributed by atoms with van der Waals surface area (Å²) in [6.45, 7) is 2.07. The number of hydrogen-bond donors (Lipinski definition) is 3. The van der Waals surface area contributed by atoms with Gasteiger partial charge in [0.1, 0.15) is 12.1 Å². The van der Waals surface area contributed by atoms with Crippen LogP contribution in [0.25, 0.3) is 12.2 Å². The maximum atomic E-state index is 11.5. The number of urea groups is 1. The molecule has 21 heavy (non-hydrogen) atoms. The Morgan fingerprint density at radius 1 is 1.48 bits per heavy atom.